The molecular formula is C9H11F2NO2. The van der Waals surface area contributed by atoms with Gasteiger partial charge in [0.15, 0.2) is 0 Å². The van der Waals surface area contributed by atoms with Crippen molar-refractivity contribution in [3.8, 4) is 5.75 Å². The second-order valence-electron chi connectivity index (χ2n) is 2.91. The number of aromatic hydroxyl groups is 1. The standard InChI is InChI=1S/C9H11F2NO2/c10-9(11)6-3-5(7(12)4-13)1-2-8(6)14/h1-3,7,9,13-14H,4,12H2. The van der Waals surface area contributed by atoms with Crippen LogP contribution in [0.3, 0.4) is 0 Å². The van der Waals surface area contributed by atoms with Crippen molar-refractivity contribution >= 4 is 0 Å². The smallest absolute Gasteiger partial charge is 0.267 e. The zero-order valence-corrected chi connectivity index (χ0v) is 7.32. The van der Waals surface area contributed by atoms with Gasteiger partial charge in [-0.2, -0.15) is 0 Å². The molecule has 1 atom stereocenters. The van der Waals surface area contributed by atoms with Crippen LogP contribution in [0.2, 0.25) is 0 Å². The largest absolute Gasteiger partial charge is 0.507 e. The highest BCUT2D eigenvalue weighted by atomic mass is 19.3. The van der Waals surface area contributed by atoms with E-state index < -0.39 is 23.8 Å². The zero-order chi connectivity index (χ0) is 10.7. The monoisotopic (exact) mass is 203 g/mol. The van der Waals surface area contributed by atoms with Gasteiger partial charge >= 0.3 is 0 Å². The van der Waals surface area contributed by atoms with Crippen molar-refractivity contribution in [2.75, 3.05) is 6.61 Å². The highest BCUT2D eigenvalue weighted by Crippen LogP contribution is 2.29. The van der Waals surface area contributed by atoms with Crippen LogP contribution >= 0.6 is 0 Å². The van der Waals surface area contributed by atoms with Crippen molar-refractivity contribution in [3.63, 3.8) is 0 Å². The third-order valence-electron chi connectivity index (χ3n) is 1.91. The molecule has 5 heteroatoms. The number of halogens is 2. The summed E-state index contributed by atoms with van der Waals surface area (Å²) in [6, 6.07) is 2.95. The topological polar surface area (TPSA) is 66.5 Å². The molecule has 14 heavy (non-hydrogen) atoms. The molecule has 0 spiro atoms. The van der Waals surface area contributed by atoms with Crippen LogP contribution in [0.1, 0.15) is 23.6 Å². The van der Waals surface area contributed by atoms with Gasteiger partial charge in [-0.3, -0.25) is 0 Å². The molecule has 0 saturated heterocycles. The molecule has 4 N–H and O–H groups in total. The van der Waals surface area contributed by atoms with E-state index in [9.17, 15) is 8.78 Å². The Kier molecular flexibility index (Phi) is 3.38. The lowest BCUT2D eigenvalue weighted by atomic mass is 10.0. The van der Waals surface area contributed by atoms with Gasteiger partial charge in [0.05, 0.1) is 18.2 Å². The van der Waals surface area contributed by atoms with Crippen molar-refractivity contribution in [3.05, 3.63) is 29.3 Å². The van der Waals surface area contributed by atoms with Crippen LogP contribution in [0.15, 0.2) is 18.2 Å². The summed E-state index contributed by atoms with van der Waals surface area (Å²) in [6.45, 7) is -0.326. The van der Waals surface area contributed by atoms with Gasteiger partial charge in [0, 0.05) is 0 Å². The first kappa shape index (κ1) is 10.9. The van der Waals surface area contributed by atoms with E-state index in [0.717, 1.165) is 12.1 Å². The van der Waals surface area contributed by atoms with Gasteiger partial charge in [-0.05, 0) is 17.7 Å². The minimum atomic E-state index is -2.75. The molecule has 0 radical (unpaired) electrons. The zero-order valence-electron chi connectivity index (χ0n) is 7.32. The lowest BCUT2D eigenvalue weighted by Crippen LogP contribution is -2.14. The van der Waals surface area contributed by atoms with Crippen LogP contribution in [-0.4, -0.2) is 16.8 Å². The molecule has 0 aliphatic heterocycles. The summed E-state index contributed by atoms with van der Waals surface area (Å²) in [7, 11) is 0. The highest BCUT2D eigenvalue weighted by Gasteiger charge is 2.15. The minimum Gasteiger partial charge on any atom is -0.507 e. The summed E-state index contributed by atoms with van der Waals surface area (Å²) in [6.07, 6.45) is -2.75. The number of phenolic OH excluding ortho intramolecular Hbond substituents is 1. The molecule has 1 aromatic carbocycles. The fraction of sp³-hybridized carbons (Fsp3) is 0.333. The van der Waals surface area contributed by atoms with E-state index in [1.807, 2.05) is 0 Å². The Morgan fingerprint density at radius 1 is 1.36 bits per heavy atom. The molecule has 1 unspecified atom stereocenters. The lowest BCUT2D eigenvalue weighted by Gasteiger charge is -2.11. The van der Waals surface area contributed by atoms with Gasteiger partial charge < -0.3 is 15.9 Å². The molecule has 78 valence electrons. The normalized spacial score (nSPS) is 13.2. The van der Waals surface area contributed by atoms with Gasteiger partial charge in [0.25, 0.3) is 6.43 Å². The van der Waals surface area contributed by atoms with Crippen LogP contribution in [-0.2, 0) is 0 Å². The van der Waals surface area contributed by atoms with Crippen molar-refractivity contribution in [1.82, 2.24) is 0 Å². The van der Waals surface area contributed by atoms with Crippen LogP contribution in [0.5, 0.6) is 5.75 Å². The molecule has 0 aromatic heterocycles. The maximum atomic E-state index is 12.3. The summed E-state index contributed by atoms with van der Waals surface area (Å²) in [5, 5.41) is 17.8. The fourth-order valence-electron chi connectivity index (χ4n) is 1.08. The Balaban J connectivity index is 3.06. The summed E-state index contributed by atoms with van der Waals surface area (Å²) < 4.78 is 24.6. The Morgan fingerprint density at radius 2 is 2.00 bits per heavy atom. The second-order valence-corrected chi connectivity index (χ2v) is 2.91. The number of rotatable bonds is 3. The van der Waals surface area contributed by atoms with E-state index in [1.54, 1.807) is 0 Å². The van der Waals surface area contributed by atoms with Crippen molar-refractivity contribution in [1.29, 1.82) is 0 Å². The molecule has 0 fully saturated rings. The van der Waals surface area contributed by atoms with Crippen LogP contribution in [0.4, 0.5) is 8.78 Å². The van der Waals surface area contributed by atoms with E-state index >= 15 is 0 Å². The molecule has 1 aromatic rings. The van der Waals surface area contributed by atoms with Gasteiger partial charge in [-0.1, -0.05) is 6.07 Å². The first-order valence-electron chi connectivity index (χ1n) is 4.03. The number of aliphatic hydroxyl groups is 1. The summed E-state index contributed by atoms with van der Waals surface area (Å²) in [4.78, 5) is 0. The van der Waals surface area contributed by atoms with E-state index in [2.05, 4.69) is 0 Å². The lowest BCUT2D eigenvalue weighted by molar-refractivity contribution is 0.147. The predicted molar refractivity (Wildman–Crippen MR) is 47.1 cm³/mol. The van der Waals surface area contributed by atoms with Gasteiger partial charge in [-0.15, -0.1) is 0 Å². The van der Waals surface area contributed by atoms with Gasteiger partial charge in [0.1, 0.15) is 5.75 Å². The Bertz CT molecular complexity index is 318. The number of phenols is 1. The Morgan fingerprint density at radius 3 is 2.50 bits per heavy atom. The number of aliphatic hydroxyl groups excluding tert-OH is 1. The van der Waals surface area contributed by atoms with Crippen LogP contribution < -0.4 is 5.73 Å². The summed E-state index contributed by atoms with van der Waals surface area (Å²) in [5.41, 5.74) is 5.35. The highest BCUT2D eigenvalue weighted by molar-refractivity contribution is 5.38. The van der Waals surface area contributed by atoms with E-state index in [0.29, 0.717) is 5.56 Å². The number of nitrogens with two attached hydrogens (primary N) is 1. The average Bonchev–Trinajstić information content (AvgIpc) is 2.17. The summed E-state index contributed by atoms with van der Waals surface area (Å²) >= 11 is 0. The fourth-order valence-corrected chi connectivity index (χ4v) is 1.08. The van der Waals surface area contributed by atoms with Crippen molar-refractivity contribution in [2.45, 2.75) is 12.5 Å². The molecule has 1 rings (SSSR count). The molecule has 0 heterocycles. The SMILES string of the molecule is NC(CO)c1ccc(O)c(C(F)F)c1. The third kappa shape index (κ3) is 2.18. The number of benzene rings is 1. The minimum absolute atomic E-state index is 0.326. The first-order chi connectivity index (χ1) is 6.56. The predicted octanol–water partition coefficient (Wildman–Crippen LogP) is 1.32. The number of hydrogen-bond acceptors (Lipinski definition) is 3. The third-order valence-corrected chi connectivity index (χ3v) is 1.91. The average molecular weight is 203 g/mol. The van der Waals surface area contributed by atoms with E-state index in [4.69, 9.17) is 15.9 Å². The van der Waals surface area contributed by atoms with Crippen molar-refractivity contribution < 1.29 is 19.0 Å². The molecular weight excluding hydrogens is 192 g/mol. The van der Waals surface area contributed by atoms with E-state index in [-0.39, 0.29) is 6.61 Å². The molecule has 0 saturated carbocycles. The number of alkyl halides is 2. The number of hydrogen-bond donors (Lipinski definition) is 3. The molecule has 0 aliphatic carbocycles. The summed E-state index contributed by atoms with van der Waals surface area (Å²) in [5.74, 6) is -0.464. The maximum absolute atomic E-state index is 12.3. The van der Waals surface area contributed by atoms with E-state index in [1.165, 1.54) is 6.07 Å². The van der Waals surface area contributed by atoms with Gasteiger partial charge in [-0.25, -0.2) is 8.78 Å². The Hall–Kier alpha value is -1.20. The van der Waals surface area contributed by atoms with Gasteiger partial charge in [0.2, 0.25) is 0 Å². The Labute approximate surface area is 79.8 Å². The first-order valence-corrected chi connectivity index (χ1v) is 4.03. The second kappa shape index (κ2) is 4.34. The molecule has 0 aliphatic rings. The molecule has 0 bridgehead atoms. The van der Waals surface area contributed by atoms with Crippen LogP contribution in [0, 0.1) is 0 Å². The van der Waals surface area contributed by atoms with Crippen LogP contribution in [0.25, 0.3) is 0 Å². The molecule has 0 amide bonds. The quantitative estimate of drug-likeness (QED) is 0.694. The van der Waals surface area contributed by atoms with Crippen molar-refractivity contribution in [2.24, 2.45) is 5.73 Å². The maximum Gasteiger partial charge on any atom is 0.267 e. The molecule has 3 nitrogen and oxygen atoms in total.